The third-order valence-electron chi connectivity index (χ3n) is 3.89. The summed E-state index contributed by atoms with van der Waals surface area (Å²) in [7, 11) is -3.46. The van der Waals surface area contributed by atoms with E-state index >= 15 is 0 Å². The molecular weight excluding hydrogens is 290 g/mol. The Balaban J connectivity index is 2.07. The highest BCUT2D eigenvalue weighted by atomic mass is 32.2. The Morgan fingerprint density at radius 2 is 1.67 bits per heavy atom. The number of piperazine rings is 1. The number of benzene rings is 1. The van der Waals surface area contributed by atoms with E-state index in [4.69, 9.17) is 5.73 Å². The zero-order valence-corrected chi connectivity index (χ0v) is 13.1. The summed E-state index contributed by atoms with van der Waals surface area (Å²) in [4.78, 5) is 13.4. The monoisotopic (exact) mass is 311 g/mol. The van der Waals surface area contributed by atoms with Crippen molar-refractivity contribution in [2.75, 3.05) is 26.2 Å². The van der Waals surface area contributed by atoms with E-state index in [1.807, 2.05) is 11.8 Å². The van der Waals surface area contributed by atoms with Gasteiger partial charge in [0.1, 0.15) is 0 Å². The Hall–Kier alpha value is -1.44. The number of sulfonamides is 1. The molecule has 2 rings (SSSR count). The second-order valence-electron chi connectivity index (χ2n) is 5.33. The van der Waals surface area contributed by atoms with E-state index in [0.29, 0.717) is 31.1 Å². The average molecular weight is 311 g/mol. The molecule has 0 bridgehead atoms. The zero-order valence-electron chi connectivity index (χ0n) is 12.3. The molecule has 2 N–H and O–H groups in total. The molecule has 1 aromatic rings. The largest absolute Gasteiger partial charge is 0.368 e. The topological polar surface area (TPSA) is 83.7 Å². The standard InChI is InChI=1S/C14H21N3O3S/c1-11-3-5-13(6-4-11)21(19,20)17-9-7-16(8-10-17)12(2)14(15)18/h3-6,12H,7-10H2,1-2H3,(H2,15,18)/t12-/m0/s1. The number of hydrogen-bond acceptors (Lipinski definition) is 4. The Morgan fingerprint density at radius 3 is 2.14 bits per heavy atom. The van der Waals surface area contributed by atoms with Gasteiger partial charge in [0.15, 0.2) is 0 Å². The number of nitrogens with two attached hydrogens (primary N) is 1. The van der Waals surface area contributed by atoms with Crippen molar-refractivity contribution in [3.63, 3.8) is 0 Å². The van der Waals surface area contributed by atoms with Gasteiger partial charge in [0.25, 0.3) is 0 Å². The minimum absolute atomic E-state index is 0.310. The quantitative estimate of drug-likeness (QED) is 0.859. The lowest BCUT2D eigenvalue weighted by Crippen LogP contribution is -2.54. The first-order valence-corrected chi connectivity index (χ1v) is 8.36. The molecule has 116 valence electrons. The fourth-order valence-electron chi connectivity index (χ4n) is 2.37. The van der Waals surface area contributed by atoms with Gasteiger partial charge in [-0.1, -0.05) is 17.7 Å². The Kier molecular flexibility index (Phi) is 4.65. The summed E-state index contributed by atoms with van der Waals surface area (Å²) >= 11 is 0. The van der Waals surface area contributed by atoms with Gasteiger partial charge in [0.05, 0.1) is 10.9 Å². The van der Waals surface area contributed by atoms with E-state index in [-0.39, 0.29) is 11.9 Å². The summed E-state index contributed by atoms with van der Waals surface area (Å²) in [6, 6.07) is 6.47. The van der Waals surface area contributed by atoms with Gasteiger partial charge in [0.2, 0.25) is 15.9 Å². The molecule has 1 saturated heterocycles. The van der Waals surface area contributed by atoms with Gasteiger partial charge in [0, 0.05) is 26.2 Å². The molecule has 0 radical (unpaired) electrons. The lowest BCUT2D eigenvalue weighted by Gasteiger charge is -2.36. The maximum absolute atomic E-state index is 12.5. The fourth-order valence-corrected chi connectivity index (χ4v) is 3.79. The van der Waals surface area contributed by atoms with Crippen LogP contribution in [0.15, 0.2) is 29.2 Å². The van der Waals surface area contributed by atoms with Gasteiger partial charge in [-0.3, -0.25) is 9.69 Å². The van der Waals surface area contributed by atoms with Crippen molar-refractivity contribution < 1.29 is 13.2 Å². The molecule has 7 heteroatoms. The predicted octanol–water partition coefficient (Wildman–Crippen LogP) is 0.175. The number of primary amides is 1. The van der Waals surface area contributed by atoms with Gasteiger partial charge >= 0.3 is 0 Å². The molecule has 0 aliphatic carbocycles. The summed E-state index contributed by atoms with van der Waals surface area (Å²) in [5.41, 5.74) is 6.30. The molecule has 1 fully saturated rings. The van der Waals surface area contributed by atoms with Gasteiger partial charge in [-0.05, 0) is 26.0 Å². The number of carbonyl (C=O) groups is 1. The summed E-state index contributed by atoms with van der Waals surface area (Å²) in [6.45, 7) is 5.42. The Bertz CT molecular complexity index is 605. The lowest BCUT2D eigenvalue weighted by molar-refractivity contribution is -0.123. The molecule has 1 aliphatic heterocycles. The Labute approximate surface area is 125 Å². The molecule has 1 aliphatic rings. The van der Waals surface area contributed by atoms with Crippen LogP contribution < -0.4 is 5.73 Å². The highest BCUT2D eigenvalue weighted by Crippen LogP contribution is 2.18. The normalized spacial score (nSPS) is 19.3. The van der Waals surface area contributed by atoms with Gasteiger partial charge in [-0.15, -0.1) is 0 Å². The number of amides is 1. The summed E-state index contributed by atoms with van der Waals surface area (Å²) in [5.74, 6) is -0.384. The van der Waals surface area contributed by atoms with Crippen molar-refractivity contribution >= 4 is 15.9 Å². The molecule has 6 nitrogen and oxygen atoms in total. The zero-order chi connectivity index (χ0) is 15.6. The van der Waals surface area contributed by atoms with Crippen LogP contribution in [0.5, 0.6) is 0 Å². The van der Waals surface area contributed by atoms with Crippen molar-refractivity contribution in [1.29, 1.82) is 0 Å². The smallest absolute Gasteiger partial charge is 0.243 e. The van der Waals surface area contributed by atoms with Crippen LogP contribution in [0.1, 0.15) is 12.5 Å². The summed E-state index contributed by atoms with van der Waals surface area (Å²) in [6.07, 6.45) is 0. The van der Waals surface area contributed by atoms with Crippen LogP contribution >= 0.6 is 0 Å². The molecule has 0 aromatic heterocycles. The van der Waals surface area contributed by atoms with E-state index < -0.39 is 10.0 Å². The number of carbonyl (C=O) groups excluding carboxylic acids is 1. The van der Waals surface area contributed by atoms with Gasteiger partial charge < -0.3 is 5.73 Å². The number of nitrogens with zero attached hydrogens (tertiary/aromatic N) is 2. The molecule has 0 saturated carbocycles. The van der Waals surface area contributed by atoms with Crippen LogP contribution in [0.2, 0.25) is 0 Å². The fraction of sp³-hybridized carbons (Fsp3) is 0.500. The molecule has 1 heterocycles. The lowest BCUT2D eigenvalue weighted by atomic mass is 10.2. The SMILES string of the molecule is Cc1ccc(S(=O)(=O)N2CCN([C@@H](C)C(N)=O)CC2)cc1. The Morgan fingerprint density at radius 1 is 1.14 bits per heavy atom. The molecule has 1 amide bonds. The van der Waals surface area contributed by atoms with E-state index in [1.165, 1.54) is 4.31 Å². The molecule has 1 aromatic carbocycles. The maximum Gasteiger partial charge on any atom is 0.243 e. The maximum atomic E-state index is 12.5. The van der Waals surface area contributed by atoms with Crippen molar-refractivity contribution in [2.24, 2.45) is 5.73 Å². The second-order valence-corrected chi connectivity index (χ2v) is 7.27. The summed E-state index contributed by atoms with van der Waals surface area (Å²) in [5, 5.41) is 0. The molecule has 21 heavy (non-hydrogen) atoms. The van der Waals surface area contributed by atoms with E-state index in [1.54, 1.807) is 31.2 Å². The molecule has 0 spiro atoms. The number of rotatable bonds is 4. The van der Waals surface area contributed by atoms with Crippen molar-refractivity contribution in [2.45, 2.75) is 24.8 Å². The van der Waals surface area contributed by atoms with E-state index in [0.717, 1.165) is 5.56 Å². The first-order chi connectivity index (χ1) is 9.82. The third-order valence-corrected chi connectivity index (χ3v) is 5.80. The van der Waals surface area contributed by atoms with Crippen LogP contribution in [-0.2, 0) is 14.8 Å². The van der Waals surface area contributed by atoms with Crippen LogP contribution in [0.3, 0.4) is 0 Å². The minimum atomic E-state index is -3.46. The van der Waals surface area contributed by atoms with Gasteiger partial charge in [-0.25, -0.2) is 8.42 Å². The first-order valence-electron chi connectivity index (χ1n) is 6.92. The first kappa shape index (κ1) is 15.9. The average Bonchev–Trinajstić information content (AvgIpc) is 2.47. The number of aryl methyl sites for hydroxylation is 1. The molecular formula is C14H21N3O3S. The van der Waals surface area contributed by atoms with Gasteiger partial charge in [-0.2, -0.15) is 4.31 Å². The molecule has 0 unspecified atom stereocenters. The van der Waals surface area contributed by atoms with Crippen LogP contribution in [-0.4, -0.2) is 55.8 Å². The van der Waals surface area contributed by atoms with Crippen LogP contribution in [0.25, 0.3) is 0 Å². The van der Waals surface area contributed by atoms with E-state index in [9.17, 15) is 13.2 Å². The summed E-state index contributed by atoms with van der Waals surface area (Å²) < 4.78 is 26.5. The predicted molar refractivity (Wildman–Crippen MR) is 80.2 cm³/mol. The van der Waals surface area contributed by atoms with E-state index in [2.05, 4.69) is 0 Å². The highest BCUT2D eigenvalue weighted by molar-refractivity contribution is 7.89. The number of hydrogen-bond donors (Lipinski definition) is 1. The molecule has 1 atom stereocenters. The second kappa shape index (κ2) is 6.13. The minimum Gasteiger partial charge on any atom is -0.368 e. The van der Waals surface area contributed by atoms with Crippen LogP contribution in [0, 0.1) is 6.92 Å². The van der Waals surface area contributed by atoms with Crippen molar-refractivity contribution in [1.82, 2.24) is 9.21 Å². The van der Waals surface area contributed by atoms with Crippen molar-refractivity contribution in [3.8, 4) is 0 Å². The highest BCUT2D eigenvalue weighted by Gasteiger charge is 2.30. The van der Waals surface area contributed by atoms with Crippen LogP contribution in [0.4, 0.5) is 0 Å². The third kappa shape index (κ3) is 3.42. The van der Waals surface area contributed by atoms with Crippen molar-refractivity contribution in [3.05, 3.63) is 29.8 Å².